The maximum absolute atomic E-state index is 12.3. The van der Waals surface area contributed by atoms with Gasteiger partial charge in [0, 0.05) is 29.7 Å². The van der Waals surface area contributed by atoms with E-state index < -0.39 is 0 Å². The molecule has 1 heterocycles. The molecule has 1 saturated heterocycles. The van der Waals surface area contributed by atoms with Gasteiger partial charge in [0.2, 0.25) is 11.8 Å². The second-order valence-corrected chi connectivity index (χ2v) is 6.32. The predicted octanol–water partition coefficient (Wildman–Crippen LogP) is 3.07. The molecule has 2 amide bonds. The maximum Gasteiger partial charge on any atom is 0.229 e. The summed E-state index contributed by atoms with van der Waals surface area (Å²) in [5, 5.41) is 3.44. The monoisotopic (exact) mass is 306 g/mol. The van der Waals surface area contributed by atoms with Crippen LogP contribution in [-0.2, 0) is 9.59 Å². The molecule has 1 N–H and O–H groups in total. The van der Waals surface area contributed by atoms with Crippen LogP contribution in [0.4, 0.5) is 5.69 Å². The van der Waals surface area contributed by atoms with E-state index in [0.717, 1.165) is 12.8 Å². The van der Waals surface area contributed by atoms with Gasteiger partial charge in [0.1, 0.15) is 0 Å². The lowest BCUT2D eigenvalue weighted by molar-refractivity contribution is -0.129. The Kier molecular flexibility index (Phi) is 4.15. The average Bonchev–Trinajstić information content (AvgIpc) is 3.07. The minimum atomic E-state index is -0.253. The number of hydrogen-bond acceptors (Lipinski definition) is 2. The van der Waals surface area contributed by atoms with Gasteiger partial charge in [-0.2, -0.15) is 0 Å². The van der Waals surface area contributed by atoms with Crippen LogP contribution in [0.15, 0.2) is 24.3 Å². The molecule has 5 heteroatoms. The number of nitrogens with one attached hydrogen (secondary N) is 1. The molecule has 2 fully saturated rings. The Morgan fingerprint density at radius 1 is 1.29 bits per heavy atom. The van der Waals surface area contributed by atoms with Gasteiger partial charge in [-0.25, -0.2) is 0 Å². The first-order valence-corrected chi connectivity index (χ1v) is 7.87. The highest BCUT2D eigenvalue weighted by molar-refractivity contribution is 6.30. The molecule has 112 valence electrons. The van der Waals surface area contributed by atoms with Gasteiger partial charge < -0.3 is 10.2 Å². The van der Waals surface area contributed by atoms with Crippen molar-refractivity contribution in [1.82, 2.24) is 4.90 Å². The second kappa shape index (κ2) is 6.06. The van der Waals surface area contributed by atoms with E-state index in [1.165, 1.54) is 12.8 Å². The SMILES string of the molecule is O=C(Nc1cccc(Cl)c1)C1CC(=O)N(C2CCCC2)C1. The summed E-state index contributed by atoms with van der Waals surface area (Å²) >= 11 is 5.91. The summed E-state index contributed by atoms with van der Waals surface area (Å²) in [4.78, 5) is 26.3. The summed E-state index contributed by atoms with van der Waals surface area (Å²) in [5.41, 5.74) is 0.680. The second-order valence-electron chi connectivity index (χ2n) is 5.89. The summed E-state index contributed by atoms with van der Waals surface area (Å²) in [7, 11) is 0. The van der Waals surface area contributed by atoms with Crippen molar-refractivity contribution in [2.24, 2.45) is 5.92 Å². The zero-order chi connectivity index (χ0) is 14.8. The third kappa shape index (κ3) is 3.21. The summed E-state index contributed by atoms with van der Waals surface area (Å²) < 4.78 is 0. The average molecular weight is 307 g/mol. The molecule has 21 heavy (non-hydrogen) atoms. The van der Waals surface area contributed by atoms with Crippen LogP contribution in [0.1, 0.15) is 32.1 Å². The highest BCUT2D eigenvalue weighted by Gasteiger charge is 2.38. The molecule has 1 aliphatic carbocycles. The van der Waals surface area contributed by atoms with Gasteiger partial charge in [0.15, 0.2) is 0 Å². The van der Waals surface area contributed by atoms with Gasteiger partial charge in [0.25, 0.3) is 0 Å². The van der Waals surface area contributed by atoms with Gasteiger partial charge in [-0.3, -0.25) is 9.59 Å². The van der Waals surface area contributed by atoms with Crippen molar-refractivity contribution < 1.29 is 9.59 Å². The first-order valence-electron chi connectivity index (χ1n) is 7.49. The fraction of sp³-hybridized carbons (Fsp3) is 0.500. The zero-order valence-electron chi connectivity index (χ0n) is 11.8. The van der Waals surface area contributed by atoms with Gasteiger partial charge in [-0.05, 0) is 31.0 Å². The molecule has 1 aromatic carbocycles. The largest absolute Gasteiger partial charge is 0.339 e. The van der Waals surface area contributed by atoms with Gasteiger partial charge in [-0.15, -0.1) is 0 Å². The van der Waals surface area contributed by atoms with E-state index in [1.807, 2.05) is 4.90 Å². The van der Waals surface area contributed by atoms with Gasteiger partial charge >= 0.3 is 0 Å². The molecule has 1 saturated carbocycles. The van der Waals surface area contributed by atoms with Crippen LogP contribution in [0.25, 0.3) is 0 Å². The molecule has 3 rings (SSSR count). The van der Waals surface area contributed by atoms with Crippen molar-refractivity contribution in [2.45, 2.75) is 38.1 Å². The lowest BCUT2D eigenvalue weighted by Crippen LogP contribution is -2.35. The van der Waals surface area contributed by atoms with Crippen LogP contribution >= 0.6 is 11.6 Å². The molecule has 1 aliphatic heterocycles. The topological polar surface area (TPSA) is 49.4 Å². The third-order valence-corrected chi connectivity index (χ3v) is 4.62. The van der Waals surface area contributed by atoms with Crippen molar-refractivity contribution >= 4 is 29.1 Å². The smallest absolute Gasteiger partial charge is 0.229 e. The molecule has 0 spiro atoms. The Labute approximate surface area is 129 Å². The lowest BCUT2D eigenvalue weighted by Gasteiger charge is -2.23. The molecule has 0 aromatic heterocycles. The number of halogens is 1. The van der Waals surface area contributed by atoms with Gasteiger partial charge in [-0.1, -0.05) is 30.5 Å². The minimum Gasteiger partial charge on any atom is -0.339 e. The van der Waals surface area contributed by atoms with E-state index in [4.69, 9.17) is 11.6 Å². The Hall–Kier alpha value is -1.55. The number of likely N-dealkylation sites (tertiary alicyclic amines) is 1. The Bertz CT molecular complexity index is 555. The van der Waals surface area contributed by atoms with Crippen LogP contribution in [-0.4, -0.2) is 29.3 Å². The molecule has 4 nitrogen and oxygen atoms in total. The van der Waals surface area contributed by atoms with Crippen LogP contribution in [0.3, 0.4) is 0 Å². The van der Waals surface area contributed by atoms with E-state index in [0.29, 0.717) is 29.7 Å². The van der Waals surface area contributed by atoms with E-state index in [9.17, 15) is 9.59 Å². The fourth-order valence-corrected chi connectivity index (χ4v) is 3.48. The van der Waals surface area contributed by atoms with Crippen molar-refractivity contribution in [2.75, 3.05) is 11.9 Å². The summed E-state index contributed by atoms with van der Waals surface area (Å²) in [6.07, 6.45) is 4.85. The maximum atomic E-state index is 12.3. The van der Waals surface area contributed by atoms with E-state index in [-0.39, 0.29) is 17.7 Å². The first kappa shape index (κ1) is 14.4. The summed E-state index contributed by atoms with van der Waals surface area (Å²) in [6, 6.07) is 7.42. The molecule has 1 atom stereocenters. The number of nitrogens with zero attached hydrogens (tertiary/aromatic N) is 1. The fourth-order valence-electron chi connectivity index (χ4n) is 3.29. The number of benzene rings is 1. The van der Waals surface area contributed by atoms with E-state index in [2.05, 4.69) is 5.32 Å². The van der Waals surface area contributed by atoms with Crippen LogP contribution in [0, 0.1) is 5.92 Å². The standard InChI is InChI=1S/C16H19ClN2O2/c17-12-4-3-5-13(9-12)18-16(21)11-8-15(20)19(10-11)14-6-1-2-7-14/h3-5,9,11,14H,1-2,6-8,10H2,(H,18,21). The van der Waals surface area contributed by atoms with Gasteiger partial charge in [0.05, 0.1) is 5.92 Å². The van der Waals surface area contributed by atoms with Crippen LogP contribution in [0.2, 0.25) is 5.02 Å². The molecule has 0 bridgehead atoms. The molecule has 1 unspecified atom stereocenters. The highest BCUT2D eigenvalue weighted by atomic mass is 35.5. The van der Waals surface area contributed by atoms with Crippen molar-refractivity contribution in [3.63, 3.8) is 0 Å². The van der Waals surface area contributed by atoms with Crippen LogP contribution < -0.4 is 5.32 Å². The van der Waals surface area contributed by atoms with Crippen molar-refractivity contribution in [3.8, 4) is 0 Å². The van der Waals surface area contributed by atoms with Crippen molar-refractivity contribution in [1.29, 1.82) is 0 Å². The number of carbonyl (C=O) groups is 2. The molecular weight excluding hydrogens is 288 g/mol. The summed E-state index contributed by atoms with van der Waals surface area (Å²) in [6.45, 7) is 0.551. The van der Waals surface area contributed by atoms with Crippen LogP contribution in [0.5, 0.6) is 0 Å². The number of rotatable bonds is 3. The number of amides is 2. The lowest BCUT2D eigenvalue weighted by atomic mass is 10.1. The quantitative estimate of drug-likeness (QED) is 0.933. The minimum absolute atomic E-state index is 0.0916. The normalized spacial score (nSPS) is 22.8. The number of anilines is 1. The zero-order valence-corrected chi connectivity index (χ0v) is 12.6. The van der Waals surface area contributed by atoms with Crippen molar-refractivity contribution in [3.05, 3.63) is 29.3 Å². The van der Waals surface area contributed by atoms with E-state index in [1.54, 1.807) is 24.3 Å². The predicted molar refractivity (Wildman–Crippen MR) is 82.2 cm³/mol. The first-order chi connectivity index (χ1) is 10.1. The Morgan fingerprint density at radius 3 is 2.76 bits per heavy atom. The van der Waals surface area contributed by atoms with E-state index >= 15 is 0 Å². The summed E-state index contributed by atoms with van der Waals surface area (Å²) in [5.74, 6) is -0.226. The number of carbonyl (C=O) groups excluding carboxylic acids is 2. The molecule has 2 aliphatic rings. The third-order valence-electron chi connectivity index (χ3n) is 4.39. The molecule has 0 radical (unpaired) electrons. The Morgan fingerprint density at radius 2 is 2.05 bits per heavy atom. The molecular formula is C16H19ClN2O2. The Balaban J connectivity index is 1.62. The molecule has 1 aromatic rings. The number of hydrogen-bond donors (Lipinski definition) is 1. The highest BCUT2D eigenvalue weighted by Crippen LogP contribution is 2.30.